The molecule has 0 aliphatic heterocycles. The Hall–Kier alpha value is -4.65. The van der Waals surface area contributed by atoms with Crippen LogP contribution in [0, 0.1) is 0 Å². The number of nitrogens with zero attached hydrogens (tertiary/aromatic N) is 2. The first-order valence-electron chi connectivity index (χ1n) is 14.5. The van der Waals surface area contributed by atoms with Crippen LogP contribution in [0.2, 0.25) is 0 Å². The molecule has 1 amide bonds. The minimum absolute atomic E-state index is 0.0725. The minimum atomic E-state index is -0.686. The van der Waals surface area contributed by atoms with Gasteiger partial charge < -0.3 is 14.8 Å². The number of amides is 1. The summed E-state index contributed by atoms with van der Waals surface area (Å²) in [5.74, 6) is 1.03. The van der Waals surface area contributed by atoms with Gasteiger partial charge in [-0.25, -0.2) is 9.97 Å². The number of carbonyl (C=O) groups excluding carboxylic acids is 3. The number of hydrogen-bond donors (Lipinski definition) is 1. The van der Waals surface area contributed by atoms with E-state index in [4.69, 9.17) is 4.74 Å². The molecule has 0 saturated carbocycles. The molecule has 4 rings (SSSR count). The largest absolute Gasteiger partial charge is 0.494 e. The van der Waals surface area contributed by atoms with Crippen molar-refractivity contribution in [2.75, 3.05) is 6.61 Å². The van der Waals surface area contributed by atoms with Gasteiger partial charge in [0.2, 0.25) is 0 Å². The van der Waals surface area contributed by atoms with Crippen molar-refractivity contribution in [2.24, 2.45) is 0 Å². The lowest BCUT2D eigenvalue weighted by Gasteiger charge is -2.13. The first-order chi connectivity index (χ1) is 20.5. The van der Waals surface area contributed by atoms with Gasteiger partial charge in [0.25, 0.3) is 5.91 Å². The molecule has 0 aliphatic carbocycles. The van der Waals surface area contributed by atoms with Crippen LogP contribution in [0.1, 0.15) is 72.2 Å². The first kappa shape index (κ1) is 30.3. The van der Waals surface area contributed by atoms with E-state index in [0.29, 0.717) is 23.4 Å². The summed E-state index contributed by atoms with van der Waals surface area (Å²) in [6.45, 7) is 4.42. The molecule has 0 bridgehead atoms. The van der Waals surface area contributed by atoms with Gasteiger partial charge in [-0.1, -0.05) is 81.1 Å². The van der Waals surface area contributed by atoms with Gasteiger partial charge in [0.1, 0.15) is 12.0 Å². The summed E-state index contributed by atoms with van der Waals surface area (Å²) in [7, 11) is 0. The van der Waals surface area contributed by atoms with E-state index in [-0.39, 0.29) is 11.7 Å². The molecular weight excluding hydrogens is 526 g/mol. The molecule has 1 unspecified atom stereocenters. The van der Waals surface area contributed by atoms with E-state index in [9.17, 15) is 14.4 Å². The van der Waals surface area contributed by atoms with Crippen LogP contribution in [-0.2, 0) is 11.2 Å². The Kier molecular flexibility index (Phi) is 11.1. The van der Waals surface area contributed by atoms with E-state index >= 15 is 0 Å². The quantitative estimate of drug-likeness (QED) is 0.0960. The van der Waals surface area contributed by atoms with Gasteiger partial charge in [-0.2, -0.15) is 0 Å². The number of aldehydes is 1. The average Bonchev–Trinajstić information content (AvgIpc) is 3.03. The van der Waals surface area contributed by atoms with Crippen molar-refractivity contribution in [1.29, 1.82) is 0 Å². The lowest BCUT2D eigenvalue weighted by molar-refractivity contribution is -0.109. The van der Waals surface area contributed by atoms with Crippen molar-refractivity contribution in [1.82, 2.24) is 15.3 Å². The van der Waals surface area contributed by atoms with Gasteiger partial charge in [0, 0.05) is 34.6 Å². The third-order valence-electron chi connectivity index (χ3n) is 7.06. The lowest BCUT2D eigenvalue weighted by Crippen LogP contribution is -2.37. The van der Waals surface area contributed by atoms with E-state index in [1.165, 1.54) is 32.6 Å². The van der Waals surface area contributed by atoms with Crippen LogP contribution < -0.4 is 10.1 Å². The van der Waals surface area contributed by atoms with Gasteiger partial charge in [-0.05, 0) is 55.2 Å². The number of unbranched alkanes of at least 4 members (excludes halogenated alkanes) is 4. The van der Waals surface area contributed by atoms with E-state index < -0.39 is 6.04 Å². The summed E-state index contributed by atoms with van der Waals surface area (Å²) >= 11 is 0. The highest BCUT2D eigenvalue weighted by molar-refractivity contribution is 5.98. The highest BCUT2D eigenvalue weighted by atomic mass is 16.5. The smallest absolute Gasteiger partial charge is 0.251 e. The number of benzene rings is 3. The van der Waals surface area contributed by atoms with Crippen molar-refractivity contribution in [2.45, 2.75) is 58.4 Å². The Morgan fingerprint density at radius 2 is 1.40 bits per heavy atom. The number of ketones is 1. The lowest BCUT2D eigenvalue weighted by atomic mass is 10.0. The Balaban J connectivity index is 1.30. The molecular formula is C35H37N3O4. The molecule has 4 aromatic rings. The van der Waals surface area contributed by atoms with Gasteiger partial charge in [-0.15, -0.1) is 0 Å². The molecule has 0 aliphatic rings. The van der Waals surface area contributed by atoms with Crippen molar-refractivity contribution < 1.29 is 19.1 Å². The second-order valence-electron chi connectivity index (χ2n) is 10.3. The van der Waals surface area contributed by atoms with Crippen LogP contribution in [0.5, 0.6) is 5.75 Å². The summed E-state index contributed by atoms with van der Waals surface area (Å²) in [5, 5.41) is 2.75. The van der Waals surface area contributed by atoms with Crippen LogP contribution in [0.4, 0.5) is 0 Å². The molecule has 0 radical (unpaired) electrons. The molecule has 1 aromatic heterocycles. The molecule has 0 fully saturated rings. The molecule has 7 nitrogen and oxygen atoms in total. The van der Waals surface area contributed by atoms with E-state index in [1.54, 1.807) is 36.7 Å². The maximum Gasteiger partial charge on any atom is 0.251 e. The molecule has 1 atom stereocenters. The highest BCUT2D eigenvalue weighted by Gasteiger charge is 2.15. The number of hydrogen-bond acceptors (Lipinski definition) is 6. The fourth-order valence-corrected chi connectivity index (χ4v) is 4.55. The Bertz CT molecular complexity index is 1450. The maximum absolute atomic E-state index is 12.6. The molecule has 0 spiro atoms. The minimum Gasteiger partial charge on any atom is -0.494 e. The van der Waals surface area contributed by atoms with Crippen LogP contribution in [0.3, 0.4) is 0 Å². The Labute approximate surface area is 247 Å². The summed E-state index contributed by atoms with van der Waals surface area (Å²) in [4.78, 5) is 44.8. The van der Waals surface area contributed by atoms with Gasteiger partial charge in [-0.3, -0.25) is 9.59 Å². The van der Waals surface area contributed by atoms with E-state index in [2.05, 4.69) is 22.2 Å². The zero-order valence-corrected chi connectivity index (χ0v) is 24.2. The zero-order valence-electron chi connectivity index (χ0n) is 24.2. The Morgan fingerprint density at radius 3 is 2.02 bits per heavy atom. The van der Waals surface area contributed by atoms with Crippen LogP contribution in [0.15, 0.2) is 85.2 Å². The van der Waals surface area contributed by atoms with E-state index in [0.717, 1.165) is 47.3 Å². The molecule has 216 valence electrons. The number of ether oxygens (including phenoxy) is 1. The second kappa shape index (κ2) is 15.4. The highest BCUT2D eigenvalue weighted by Crippen LogP contribution is 2.23. The molecule has 0 saturated heterocycles. The summed E-state index contributed by atoms with van der Waals surface area (Å²) in [6.07, 6.45) is 10.8. The number of aromatic nitrogens is 2. The van der Waals surface area contributed by atoms with Gasteiger partial charge in [0.05, 0.1) is 12.6 Å². The topological polar surface area (TPSA) is 98.2 Å². The monoisotopic (exact) mass is 563 g/mol. The summed E-state index contributed by atoms with van der Waals surface area (Å²) < 4.78 is 5.86. The fraction of sp³-hybridized carbons (Fsp3) is 0.286. The van der Waals surface area contributed by atoms with Gasteiger partial charge >= 0.3 is 0 Å². The molecule has 7 heteroatoms. The molecule has 3 aromatic carbocycles. The number of carbonyl (C=O) groups is 3. The van der Waals surface area contributed by atoms with Crippen molar-refractivity contribution >= 4 is 18.0 Å². The number of nitrogens with one attached hydrogen (secondary N) is 1. The maximum atomic E-state index is 12.6. The van der Waals surface area contributed by atoms with Crippen LogP contribution >= 0.6 is 0 Å². The number of Topliss-reactive ketones (excluding diaryl/α,β-unsaturated/α-hetero) is 1. The fourth-order valence-electron chi connectivity index (χ4n) is 4.55. The number of rotatable bonds is 15. The summed E-state index contributed by atoms with van der Waals surface area (Å²) in [6, 6.07) is 21.3. The second-order valence-corrected chi connectivity index (χ2v) is 10.3. The van der Waals surface area contributed by atoms with Gasteiger partial charge in [0.15, 0.2) is 11.6 Å². The standard InChI is InChI=1S/C35H37N3O4/c1-3-4-5-6-7-20-42-33-18-16-28(17-19-33)31-22-36-34(37-23-31)29-10-8-26(9-11-29)21-32(24-39)38-35(41)30-14-12-27(13-15-30)25(2)40/h8-19,22-24,32H,3-7,20-21H2,1-2H3,(H,38,41). The molecule has 42 heavy (non-hydrogen) atoms. The van der Waals surface area contributed by atoms with Crippen molar-refractivity contribution in [3.05, 3.63) is 102 Å². The molecule has 1 heterocycles. The first-order valence-corrected chi connectivity index (χ1v) is 14.5. The van der Waals surface area contributed by atoms with Crippen LogP contribution in [0.25, 0.3) is 22.5 Å². The third-order valence-corrected chi connectivity index (χ3v) is 7.06. The van der Waals surface area contributed by atoms with Crippen molar-refractivity contribution in [3.63, 3.8) is 0 Å². The Morgan fingerprint density at radius 1 is 0.786 bits per heavy atom. The van der Waals surface area contributed by atoms with Crippen molar-refractivity contribution in [3.8, 4) is 28.3 Å². The third kappa shape index (κ3) is 8.67. The average molecular weight is 564 g/mol. The van der Waals surface area contributed by atoms with Crippen LogP contribution in [-0.4, -0.2) is 40.6 Å². The SMILES string of the molecule is CCCCCCCOc1ccc(-c2cnc(-c3ccc(CC(C=O)NC(=O)c4ccc(C(C)=O)cc4)cc3)nc2)cc1. The normalized spacial score (nSPS) is 11.5. The predicted octanol–water partition coefficient (Wildman–Crippen LogP) is 6.90. The zero-order chi connectivity index (χ0) is 29.7. The molecule has 1 N–H and O–H groups in total. The predicted molar refractivity (Wildman–Crippen MR) is 165 cm³/mol. The summed E-state index contributed by atoms with van der Waals surface area (Å²) in [5.41, 5.74) is 4.60. The van der Waals surface area contributed by atoms with E-state index in [1.807, 2.05) is 48.5 Å².